The molecule has 3 rings (SSSR count). The van der Waals surface area contributed by atoms with E-state index in [4.69, 9.17) is 0 Å². The van der Waals surface area contributed by atoms with Crippen molar-refractivity contribution < 1.29 is 9.59 Å². The lowest BCUT2D eigenvalue weighted by molar-refractivity contribution is -0.121. The highest BCUT2D eigenvalue weighted by Gasteiger charge is 2.42. The second-order valence-electron chi connectivity index (χ2n) is 5.86. The minimum atomic E-state index is -0.524. The highest BCUT2D eigenvalue weighted by molar-refractivity contribution is 6.08. The van der Waals surface area contributed by atoms with E-state index in [-0.39, 0.29) is 17.6 Å². The van der Waals surface area contributed by atoms with Crippen LogP contribution in [0, 0.1) is 5.92 Å². The van der Waals surface area contributed by atoms with E-state index in [1.54, 1.807) is 11.9 Å². The Kier molecular flexibility index (Phi) is 2.19. The maximum Gasteiger partial charge on any atom is 0.236 e. The minimum Gasteiger partial charge on any atom is -0.314 e. The van der Waals surface area contributed by atoms with Crippen molar-refractivity contribution in [3.63, 3.8) is 0 Å². The summed E-state index contributed by atoms with van der Waals surface area (Å²) in [5, 5.41) is 0. The van der Waals surface area contributed by atoms with Gasteiger partial charge in [0.25, 0.3) is 0 Å². The number of carbonyl (C=O) groups excluding carboxylic acids is 2. The quantitative estimate of drug-likeness (QED) is 0.748. The van der Waals surface area contributed by atoms with Crippen molar-refractivity contribution in [2.75, 3.05) is 11.9 Å². The van der Waals surface area contributed by atoms with Crippen molar-refractivity contribution in [2.45, 2.75) is 32.1 Å². The van der Waals surface area contributed by atoms with Gasteiger partial charge in [-0.1, -0.05) is 0 Å². The molecule has 0 unspecified atom stereocenters. The molecule has 18 heavy (non-hydrogen) atoms. The zero-order valence-corrected chi connectivity index (χ0v) is 11.0. The molecule has 0 atom stereocenters. The molecule has 1 saturated carbocycles. The molecule has 1 aromatic carbocycles. The molecule has 3 nitrogen and oxygen atoms in total. The fourth-order valence-corrected chi connectivity index (χ4v) is 2.71. The number of likely N-dealkylation sites (N-methyl/N-ethyl adjacent to an activating group) is 1. The number of hydrogen-bond donors (Lipinski definition) is 0. The SMILES string of the molecule is CN1C(=O)C(C)(C)c2cc(C(=O)C3CC3)ccc21. The van der Waals surface area contributed by atoms with E-state index in [1.165, 1.54) is 0 Å². The third kappa shape index (κ3) is 1.43. The number of rotatable bonds is 2. The second-order valence-corrected chi connectivity index (χ2v) is 5.86. The van der Waals surface area contributed by atoms with Crippen LogP contribution in [-0.4, -0.2) is 18.7 Å². The van der Waals surface area contributed by atoms with Crippen molar-refractivity contribution in [1.82, 2.24) is 0 Å². The molecular formula is C15H17NO2. The third-order valence-corrected chi connectivity index (χ3v) is 4.10. The number of hydrogen-bond acceptors (Lipinski definition) is 2. The van der Waals surface area contributed by atoms with Gasteiger partial charge in [0.05, 0.1) is 5.41 Å². The third-order valence-electron chi connectivity index (χ3n) is 4.10. The van der Waals surface area contributed by atoms with Gasteiger partial charge in [-0.3, -0.25) is 9.59 Å². The number of anilines is 1. The van der Waals surface area contributed by atoms with E-state index in [9.17, 15) is 9.59 Å². The molecule has 3 heteroatoms. The average molecular weight is 243 g/mol. The van der Waals surface area contributed by atoms with E-state index in [0.29, 0.717) is 0 Å². The summed E-state index contributed by atoms with van der Waals surface area (Å²) in [7, 11) is 1.79. The van der Waals surface area contributed by atoms with Crippen LogP contribution in [0.3, 0.4) is 0 Å². The fourth-order valence-electron chi connectivity index (χ4n) is 2.71. The Bertz CT molecular complexity index is 556. The summed E-state index contributed by atoms with van der Waals surface area (Å²) in [5.41, 5.74) is 2.13. The van der Waals surface area contributed by atoms with Gasteiger partial charge >= 0.3 is 0 Å². The van der Waals surface area contributed by atoms with Gasteiger partial charge in [0.2, 0.25) is 5.91 Å². The van der Waals surface area contributed by atoms with Gasteiger partial charge in [0, 0.05) is 24.2 Å². The van der Waals surface area contributed by atoms with Gasteiger partial charge in [-0.25, -0.2) is 0 Å². The molecule has 0 radical (unpaired) electrons. The second kappa shape index (κ2) is 3.44. The van der Waals surface area contributed by atoms with Gasteiger partial charge in [-0.05, 0) is 50.5 Å². The van der Waals surface area contributed by atoms with Gasteiger partial charge < -0.3 is 4.90 Å². The molecule has 0 N–H and O–H groups in total. The van der Waals surface area contributed by atoms with Crippen LogP contribution in [-0.2, 0) is 10.2 Å². The van der Waals surface area contributed by atoms with Crippen LogP contribution in [0.2, 0.25) is 0 Å². The number of amides is 1. The average Bonchev–Trinajstić information content (AvgIpc) is 3.17. The summed E-state index contributed by atoms with van der Waals surface area (Å²) in [6, 6.07) is 5.67. The first kappa shape index (κ1) is 11.5. The van der Waals surface area contributed by atoms with Crippen LogP contribution in [0.15, 0.2) is 18.2 Å². The van der Waals surface area contributed by atoms with E-state index in [2.05, 4.69) is 0 Å². The monoisotopic (exact) mass is 243 g/mol. The van der Waals surface area contributed by atoms with Crippen molar-refractivity contribution >= 4 is 17.4 Å². The molecule has 0 aromatic heterocycles. The molecule has 1 aliphatic carbocycles. The number of nitrogens with zero attached hydrogens (tertiary/aromatic N) is 1. The van der Waals surface area contributed by atoms with Crippen LogP contribution >= 0.6 is 0 Å². The maximum atomic E-state index is 12.2. The van der Waals surface area contributed by atoms with Gasteiger partial charge in [-0.15, -0.1) is 0 Å². The molecule has 94 valence electrons. The number of benzene rings is 1. The van der Waals surface area contributed by atoms with Crippen molar-refractivity contribution in [1.29, 1.82) is 0 Å². The van der Waals surface area contributed by atoms with E-state index < -0.39 is 5.41 Å². The Labute approximate surface area is 107 Å². The zero-order valence-electron chi connectivity index (χ0n) is 11.0. The Morgan fingerprint density at radius 3 is 2.61 bits per heavy atom. The lowest BCUT2D eigenvalue weighted by Gasteiger charge is -2.16. The topological polar surface area (TPSA) is 37.4 Å². The van der Waals surface area contributed by atoms with E-state index in [1.807, 2.05) is 32.0 Å². The zero-order chi connectivity index (χ0) is 13.1. The lowest BCUT2D eigenvalue weighted by Crippen LogP contribution is -2.33. The summed E-state index contributed by atoms with van der Waals surface area (Å²) in [5.74, 6) is 0.546. The van der Waals surface area contributed by atoms with Crippen LogP contribution in [0.5, 0.6) is 0 Å². The molecule has 2 aliphatic rings. The normalized spacial score (nSPS) is 21.1. The standard InChI is InChI=1S/C15H17NO2/c1-15(2)11-8-10(13(17)9-4-5-9)6-7-12(11)16(3)14(15)18/h6-9H,4-5H2,1-3H3. The largest absolute Gasteiger partial charge is 0.314 e. The van der Waals surface area contributed by atoms with Crippen molar-refractivity contribution in [2.24, 2.45) is 5.92 Å². The predicted molar refractivity (Wildman–Crippen MR) is 69.9 cm³/mol. The Balaban J connectivity index is 2.08. The number of carbonyl (C=O) groups is 2. The Morgan fingerprint density at radius 1 is 1.33 bits per heavy atom. The lowest BCUT2D eigenvalue weighted by atomic mass is 9.85. The first-order valence-corrected chi connectivity index (χ1v) is 6.40. The number of fused-ring (bicyclic) bond motifs is 1. The van der Waals surface area contributed by atoms with Crippen LogP contribution in [0.1, 0.15) is 42.6 Å². The van der Waals surface area contributed by atoms with Crippen LogP contribution < -0.4 is 4.90 Å². The summed E-state index contributed by atoms with van der Waals surface area (Å²) in [6.07, 6.45) is 2.02. The Hall–Kier alpha value is -1.64. The molecule has 1 aromatic rings. The minimum absolute atomic E-state index is 0.0912. The van der Waals surface area contributed by atoms with E-state index >= 15 is 0 Å². The fraction of sp³-hybridized carbons (Fsp3) is 0.467. The number of ketones is 1. The first-order chi connectivity index (χ1) is 8.43. The Morgan fingerprint density at radius 2 is 2.00 bits per heavy atom. The number of Topliss-reactive ketones (excluding diaryl/α,β-unsaturated/α-hetero) is 1. The van der Waals surface area contributed by atoms with Gasteiger partial charge in [-0.2, -0.15) is 0 Å². The molecule has 1 aliphatic heterocycles. The van der Waals surface area contributed by atoms with Crippen molar-refractivity contribution in [3.8, 4) is 0 Å². The summed E-state index contributed by atoms with van der Waals surface area (Å²) in [6.45, 7) is 3.84. The first-order valence-electron chi connectivity index (χ1n) is 6.40. The maximum absolute atomic E-state index is 12.2. The van der Waals surface area contributed by atoms with Gasteiger partial charge in [0.15, 0.2) is 5.78 Å². The molecule has 0 spiro atoms. The molecule has 0 bridgehead atoms. The van der Waals surface area contributed by atoms with Gasteiger partial charge in [0.1, 0.15) is 0 Å². The molecular weight excluding hydrogens is 226 g/mol. The molecule has 1 amide bonds. The smallest absolute Gasteiger partial charge is 0.236 e. The summed E-state index contributed by atoms with van der Waals surface area (Å²) >= 11 is 0. The highest BCUT2D eigenvalue weighted by atomic mass is 16.2. The molecule has 0 saturated heterocycles. The summed E-state index contributed by atoms with van der Waals surface area (Å²) in [4.78, 5) is 25.9. The van der Waals surface area contributed by atoms with Crippen LogP contribution in [0.4, 0.5) is 5.69 Å². The predicted octanol–water partition coefficient (Wildman–Crippen LogP) is 2.53. The molecule has 1 fully saturated rings. The highest BCUT2D eigenvalue weighted by Crippen LogP contribution is 2.42. The summed E-state index contributed by atoms with van der Waals surface area (Å²) < 4.78 is 0. The molecule has 1 heterocycles. The van der Waals surface area contributed by atoms with Crippen molar-refractivity contribution in [3.05, 3.63) is 29.3 Å². The van der Waals surface area contributed by atoms with E-state index in [0.717, 1.165) is 29.7 Å². The van der Waals surface area contributed by atoms with Crippen LogP contribution in [0.25, 0.3) is 0 Å².